The van der Waals surface area contributed by atoms with Gasteiger partial charge in [-0.1, -0.05) is 23.9 Å². The first-order chi connectivity index (χ1) is 11.1. The normalized spacial score (nSPS) is 24.7. The zero-order valence-corrected chi connectivity index (χ0v) is 13.9. The molecule has 0 aromatic heterocycles. The molecule has 2 aliphatic rings. The Balaban J connectivity index is 1.58. The number of hydrogen-bond donors (Lipinski definition) is 2. The van der Waals surface area contributed by atoms with E-state index in [-0.39, 0.29) is 11.8 Å². The van der Waals surface area contributed by atoms with Gasteiger partial charge in [0.25, 0.3) is 0 Å². The number of hydrogen-bond acceptors (Lipinski definition) is 5. The van der Waals surface area contributed by atoms with E-state index < -0.39 is 4.75 Å². The molecule has 0 radical (unpaired) electrons. The second-order valence-electron chi connectivity index (χ2n) is 5.80. The number of amides is 2. The van der Waals surface area contributed by atoms with Crippen molar-refractivity contribution in [1.82, 2.24) is 10.2 Å². The number of rotatable bonds is 4. The van der Waals surface area contributed by atoms with Crippen molar-refractivity contribution in [3.8, 4) is 0 Å². The number of morpholine rings is 1. The van der Waals surface area contributed by atoms with Crippen LogP contribution in [0.4, 0.5) is 5.69 Å². The van der Waals surface area contributed by atoms with Crippen LogP contribution in [0.15, 0.2) is 29.2 Å². The van der Waals surface area contributed by atoms with Crippen LogP contribution in [0.3, 0.4) is 0 Å². The lowest BCUT2D eigenvalue weighted by molar-refractivity contribution is -0.129. The van der Waals surface area contributed by atoms with Crippen LogP contribution in [0.25, 0.3) is 0 Å². The largest absolute Gasteiger partial charge is 0.379 e. The molecule has 2 N–H and O–H groups in total. The molecule has 1 aromatic rings. The maximum Gasteiger partial charge on any atom is 0.250 e. The van der Waals surface area contributed by atoms with Crippen LogP contribution in [-0.2, 0) is 14.3 Å². The Hall–Kier alpha value is -1.57. The first-order valence-electron chi connectivity index (χ1n) is 7.77. The van der Waals surface area contributed by atoms with Crippen LogP contribution >= 0.6 is 11.8 Å². The highest BCUT2D eigenvalue weighted by atomic mass is 32.2. The van der Waals surface area contributed by atoms with Crippen LogP contribution in [0.5, 0.6) is 0 Å². The SMILES string of the molecule is C[C@]1(C(=O)NCCN2CCOCC2)Sc2ccccc2NC1=O. The minimum absolute atomic E-state index is 0.247. The zero-order chi connectivity index (χ0) is 16.3. The van der Waals surface area contributed by atoms with E-state index in [0.717, 1.165) is 43.4 Å². The maximum atomic E-state index is 12.5. The van der Waals surface area contributed by atoms with Gasteiger partial charge in [-0.2, -0.15) is 0 Å². The van der Waals surface area contributed by atoms with Gasteiger partial charge in [0.1, 0.15) is 0 Å². The summed E-state index contributed by atoms with van der Waals surface area (Å²) >= 11 is 1.30. The Bertz CT molecular complexity index is 604. The number of anilines is 1. The molecule has 2 heterocycles. The fraction of sp³-hybridized carbons (Fsp3) is 0.500. The average molecular weight is 335 g/mol. The van der Waals surface area contributed by atoms with E-state index in [0.29, 0.717) is 6.54 Å². The fourth-order valence-corrected chi connectivity index (χ4v) is 3.76. The summed E-state index contributed by atoms with van der Waals surface area (Å²) in [6.07, 6.45) is 0. The fourth-order valence-electron chi connectivity index (χ4n) is 2.64. The lowest BCUT2D eigenvalue weighted by atomic mass is 10.1. The summed E-state index contributed by atoms with van der Waals surface area (Å²) in [6.45, 7) is 6.22. The van der Waals surface area contributed by atoms with Gasteiger partial charge in [-0.15, -0.1) is 0 Å². The zero-order valence-electron chi connectivity index (χ0n) is 13.1. The van der Waals surface area contributed by atoms with Crippen molar-refractivity contribution in [3.63, 3.8) is 0 Å². The highest BCUT2D eigenvalue weighted by Crippen LogP contribution is 2.42. The Morgan fingerprint density at radius 3 is 2.91 bits per heavy atom. The molecular weight excluding hydrogens is 314 g/mol. The Kier molecular flexibility index (Phi) is 4.89. The summed E-state index contributed by atoms with van der Waals surface area (Å²) in [4.78, 5) is 28.1. The molecule has 2 amide bonds. The molecule has 7 heteroatoms. The van der Waals surface area contributed by atoms with E-state index in [4.69, 9.17) is 4.74 Å². The number of para-hydroxylation sites is 1. The van der Waals surface area contributed by atoms with Gasteiger partial charge < -0.3 is 15.4 Å². The number of thioether (sulfide) groups is 1. The molecule has 0 bridgehead atoms. The third-order valence-corrected chi connectivity index (χ3v) is 5.49. The molecule has 0 unspecified atom stereocenters. The molecule has 124 valence electrons. The number of nitrogens with one attached hydrogen (secondary N) is 2. The van der Waals surface area contributed by atoms with Crippen molar-refractivity contribution in [2.45, 2.75) is 16.6 Å². The van der Waals surface area contributed by atoms with Crippen molar-refractivity contribution in [3.05, 3.63) is 24.3 Å². The van der Waals surface area contributed by atoms with Crippen LogP contribution in [0.2, 0.25) is 0 Å². The average Bonchev–Trinajstić information content (AvgIpc) is 2.57. The first kappa shape index (κ1) is 16.3. The number of carbonyl (C=O) groups excluding carboxylic acids is 2. The van der Waals surface area contributed by atoms with E-state index in [1.54, 1.807) is 6.92 Å². The molecule has 1 atom stereocenters. The Labute approximate surface area is 139 Å². The van der Waals surface area contributed by atoms with E-state index in [9.17, 15) is 9.59 Å². The van der Waals surface area contributed by atoms with E-state index in [1.165, 1.54) is 11.8 Å². The summed E-state index contributed by atoms with van der Waals surface area (Å²) in [5, 5.41) is 5.72. The number of carbonyl (C=O) groups is 2. The Morgan fingerprint density at radius 1 is 1.39 bits per heavy atom. The standard InChI is InChI=1S/C16H21N3O3S/c1-16(14(20)17-6-7-19-8-10-22-11-9-19)15(21)18-12-4-2-3-5-13(12)23-16/h2-5H,6-11H2,1H3,(H,17,20)(H,18,21)/t16-/m1/s1. The number of benzene rings is 1. The molecule has 0 aliphatic carbocycles. The first-order valence-corrected chi connectivity index (χ1v) is 8.59. The van der Waals surface area contributed by atoms with Crippen LogP contribution in [0, 0.1) is 0 Å². The monoisotopic (exact) mass is 335 g/mol. The summed E-state index contributed by atoms with van der Waals surface area (Å²) in [5.74, 6) is -0.521. The summed E-state index contributed by atoms with van der Waals surface area (Å²) in [6, 6.07) is 7.53. The van der Waals surface area contributed by atoms with Crippen molar-refractivity contribution < 1.29 is 14.3 Å². The lowest BCUT2D eigenvalue weighted by Crippen LogP contribution is -2.53. The third-order valence-electron chi connectivity index (χ3n) is 4.13. The minimum atomic E-state index is -1.14. The number of nitrogens with zero attached hydrogens (tertiary/aromatic N) is 1. The Morgan fingerprint density at radius 2 is 2.13 bits per heavy atom. The molecule has 1 aromatic carbocycles. The highest BCUT2D eigenvalue weighted by molar-refractivity contribution is 8.02. The molecule has 23 heavy (non-hydrogen) atoms. The van der Waals surface area contributed by atoms with Gasteiger partial charge in [0.2, 0.25) is 11.8 Å². The van der Waals surface area contributed by atoms with Gasteiger partial charge in [0, 0.05) is 31.1 Å². The molecule has 0 spiro atoms. The van der Waals surface area contributed by atoms with Crippen LogP contribution in [-0.4, -0.2) is 60.9 Å². The maximum absolute atomic E-state index is 12.5. The quantitative estimate of drug-likeness (QED) is 0.802. The van der Waals surface area contributed by atoms with Crippen molar-refractivity contribution in [2.75, 3.05) is 44.7 Å². The van der Waals surface area contributed by atoms with Crippen LogP contribution in [0.1, 0.15) is 6.92 Å². The molecule has 3 rings (SSSR count). The van der Waals surface area contributed by atoms with Gasteiger partial charge in [-0.05, 0) is 19.1 Å². The third kappa shape index (κ3) is 3.52. The molecule has 1 saturated heterocycles. The summed E-state index contributed by atoms with van der Waals surface area (Å²) in [5.41, 5.74) is 0.765. The van der Waals surface area contributed by atoms with E-state index in [1.807, 2.05) is 24.3 Å². The molecule has 6 nitrogen and oxygen atoms in total. The van der Waals surface area contributed by atoms with Crippen molar-refractivity contribution in [2.24, 2.45) is 0 Å². The smallest absolute Gasteiger partial charge is 0.250 e. The second kappa shape index (κ2) is 6.90. The van der Waals surface area contributed by atoms with Gasteiger partial charge in [0.15, 0.2) is 4.75 Å². The summed E-state index contributed by atoms with van der Waals surface area (Å²) < 4.78 is 4.16. The topological polar surface area (TPSA) is 70.7 Å². The lowest BCUT2D eigenvalue weighted by Gasteiger charge is -2.32. The highest BCUT2D eigenvalue weighted by Gasteiger charge is 2.45. The van der Waals surface area contributed by atoms with Crippen molar-refractivity contribution in [1.29, 1.82) is 0 Å². The predicted molar refractivity (Wildman–Crippen MR) is 89.6 cm³/mol. The van der Waals surface area contributed by atoms with Crippen molar-refractivity contribution >= 4 is 29.3 Å². The number of fused-ring (bicyclic) bond motifs is 1. The number of ether oxygens (including phenoxy) is 1. The predicted octanol–water partition coefficient (Wildman–Crippen LogP) is 0.938. The minimum Gasteiger partial charge on any atom is -0.379 e. The van der Waals surface area contributed by atoms with Gasteiger partial charge >= 0.3 is 0 Å². The van der Waals surface area contributed by atoms with Crippen LogP contribution < -0.4 is 10.6 Å². The molecular formula is C16H21N3O3S. The molecule has 2 aliphatic heterocycles. The van der Waals surface area contributed by atoms with Gasteiger partial charge in [0.05, 0.1) is 18.9 Å². The second-order valence-corrected chi connectivity index (χ2v) is 7.26. The van der Waals surface area contributed by atoms with E-state index in [2.05, 4.69) is 15.5 Å². The van der Waals surface area contributed by atoms with E-state index >= 15 is 0 Å². The molecule has 0 saturated carbocycles. The van der Waals surface area contributed by atoms with Gasteiger partial charge in [-0.25, -0.2) is 0 Å². The van der Waals surface area contributed by atoms with Gasteiger partial charge in [-0.3, -0.25) is 14.5 Å². The molecule has 1 fully saturated rings. The summed E-state index contributed by atoms with van der Waals surface area (Å²) in [7, 11) is 0.